The Balaban J connectivity index is 1.61. The molecule has 0 bridgehead atoms. The fourth-order valence-electron chi connectivity index (χ4n) is 4.55. The van der Waals surface area contributed by atoms with Crippen molar-refractivity contribution in [3.63, 3.8) is 0 Å². The van der Waals surface area contributed by atoms with E-state index < -0.39 is 0 Å². The smallest absolute Gasteiger partial charge is 0.163 e. The molecule has 8 nitrogen and oxygen atoms in total. The minimum absolute atomic E-state index is 0.528. The largest absolute Gasteiger partial charge is 0.494 e. The lowest BCUT2D eigenvalue weighted by Crippen LogP contribution is -2.19. The van der Waals surface area contributed by atoms with E-state index in [1.807, 2.05) is 58.3 Å². The number of hydrogen-bond acceptors (Lipinski definition) is 8. The Morgan fingerprint density at radius 2 is 2.00 bits per heavy atom. The first-order chi connectivity index (χ1) is 17.5. The summed E-state index contributed by atoms with van der Waals surface area (Å²) in [4.78, 5) is 16.8. The van der Waals surface area contributed by atoms with Crippen LogP contribution < -0.4 is 15.0 Å². The van der Waals surface area contributed by atoms with E-state index in [4.69, 9.17) is 30.8 Å². The van der Waals surface area contributed by atoms with Gasteiger partial charge in [-0.25, -0.2) is 9.97 Å². The zero-order valence-corrected chi connectivity index (χ0v) is 21.7. The first kappa shape index (κ1) is 24.2. The van der Waals surface area contributed by atoms with Crippen LogP contribution in [0, 0.1) is 20.8 Å². The van der Waals surface area contributed by atoms with Crippen molar-refractivity contribution in [2.24, 2.45) is 0 Å². The lowest BCUT2D eigenvalue weighted by atomic mass is 10.0. The van der Waals surface area contributed by atoms with Crippen LogP contribution in [-0.4, -0.2) is 40.3 Å². The molecule has 0 aliphatic carbocycles. The molecule has 0 atom stereocenters. The molecular formula is C27H29ClN6O2. The molecule has 9 heteroatoms. The van der Waals surface area contributed by atoms with Crippen LogP contribution in [0.3, 0.4) is 0 Å². The summed E-state index contributed by atoms with van der Waals surface area (Å²) in [5.74, 6) is 2.81. The van der Waals surface area contributed by atoms with Gasteiger partial charge in [0.25, 0.3) is 0 Å². The van der Waals surface area contributed by atoms with E-state index in [0.717, 1.165) is 59.3 Å². The van der Waals surface area contributed by atoms with Gasteiger partial charge in [0, 0.05) is 23.9 Å². The average Bonchev–Trinajstić information content (AvgIpc) is 3.46. The topological polar surface area (TPSA) is 89.2 Å². The van der Waals surface area contributed by atoms with Crippen LogP contribution in [0.4, 0.5) is 5.82 Å². The Bertz CT molecular complexity index is 1360. The van der Waals surface area contributed by atoms with Gasteiger partial charge in [-0.15, -0.1) is 0 Å². The lowest BCUT2D eigenvalue weighted by molar-refractivity contribution is 0.310. The first-order valence-electron chi connectivity index (χ1n) is 12.0. The van der Waals surface area contributed by atoms with Gasteiger partial charge in [-0.2, -0.15) is 0 Å². The number of rotatable bonds is 8. The number of ether oxygens (including phenoxy) is 1. The summed E-state index contributed by atoms with van der Waals surface area (Å²) >= 11 is 6.68. The number of aryl methyl sites for hydroxylation is 2. The highest BCUT2D eigenvalue weighted by Crippen LogP contribution is 2.38. The van der Waals surface area contributed by atoms with Crippen molar-refractivity contribution in [2.45, 2.75) is 40.3 Å². The molecule has 0 saturated heterocycles. The SMILES string of the molecule is CNCCCOc1ccc(Cl)c(-c2nc(-c3c(C)noc3C)c(C)c(N3Cc4cccnc4C3)n2)c1. The third-order valence-electron chi connectivity index (χ3n) is 6.39. The maximum atomic E-state index is 6.68. The predicted octanol–water partition coefficient (Wildman–Crippen LogP) is 5.28. The molecule has 0 radical (unpaired) electrons. The molecule has 186 valence electrons. The van der Waals surface area contributed by atoms with E-state index in [9.17, 15) is 0 Å². The monoisotopic (exact) mass is 504 g/mol. The summed E-state index contributed by atoms with van der Waals surface area (Å²) in [6.07, 6.45) is 2.73. The summed E-state index contributed by atoms with van der Waals surface area (Å²) in [6, 6.07) is 9.70. The van der Waals surface area contributed by atoms with Gasteiger partial charge < -0.3 is 19.5 Å². The molecule has 1 aliphatic heterocycles. The number of pyridine rings is 1. The summed E-state index contributed by atoms with van der Waals surface area (Å²) in [5.41, 5.74) is 6.38. The van der Waals surface area contributed by atoms with Crippen LogP contribution in [0.25, 0.3) is 22.6 Å². The summed E-state index contributed by atoms with van der Waals surface area (Å²) in [5, 5.41) is 7.86. The molecule has 3 aromatic heterocycles. The van der Waals surface area contributed by atoms with Crippen molar-refractivity contribution in [3.8, 4) is 28.4 Å². The van der Waals surface area contributed by atoms with Crippen molar-refractivity contribution >= 4 is 17.4 Å². The lowest BCUT2D eigenvalue weighted by Gasteiger charge is -2.22. The van der Waals surface area contributed by atoms with Crippen molar-refractivity contribution < 1.29 is 9.26 Å². The number of anilines is 1. The second kappa shape index (κ2) is 10.2. The van der Waals surface area contributed by atoms with Crippen molar-refractivity contribution in [3.05, 3.63) is 69.8 Å². The Morgan fingerprint density at radius 3 is 2.75 bits per heavy atom. The van der Waals surface area contributed by atoms with Gasteiger partial charge in [0.05, 0.1) is 40.8 Å². The normalized spacial score (nSPS) is 12.8. The third kappa shape index (κ3) is 4.66. The number of halogens is 1. The highest BCUT2D eigenvalue weighted by atomic mass is 35.5. The Kier molecular flexibility index (Phi) is 6.89. The zero-order chi connectivity index (χ0) is 25.2. The number of fused-ring (bicyclic) bond motifs is 1. The zero-order valence-electron chi connectivity index (χ0n) is 20.9. The average molecular weight is 505 g/mol. The molecule has 4 heterocycles. The molecule has 0 amide bonds. The molecule has 0 spiro atoms. The van der Waals surface area contributed by atoms with E-state index in [1.54, 1.807) is 0 Å². The number of hydrogen-bond donors (Lipinski definition) is 1. The molecule has 0 unspecified atom stereocenters. The first-order valence-corrected chi connectivity index (χ1v) is 12.4. The predicted molar refractivity (Wildman–Crippen MR) is 140 cm³/mol. The van der Waals surface area contributed by atoms with Crippen LogP contribution >= 0.6 is 11.6 Å². The summed E-state index contributed by atoms with van der Waals surface area (Å²) in [7, 11) is 1.93. The highest BCUT2D eigenvalue weighted by molar-refractivity contribution is 6.33. The summed E-state index contributed by atoms with van der Waals surface area (Å²) in [6.45, 7) is 8.76. The van der Waals surface area contributed by atoms with E-state index >= 15 is 0 Å². The van der Waals surface area contributed by atoms with Crippen LogP contribution in [-0.2, 0) is 13.1 Å². The van der Waals surface area contributed by atoms with Gasteiger partial charge in [-0.05, 0) is 70.6 Å². The Hall–Kier alpha value is -3.49. The second-order valence-electron chi connectivity index (χ2n) is 8.96. The fraction of sp³-hybridized carbons (Fsp3) is 0.333. The van der Waals surface area contributed by atoms with Gasteiger partial charge >= 0.3 is 0 Å². The second-order valence-corrected chi connectivity index (χ2v) is 9.36. The van der Waals surface area contributed by atoms with E-state index in [1.165, 1.54) is 5.56 Å². The van der Waals surface area contributed by atoms with E-state index in [2.05, 4.69) is 26.4 Å². The van der Waals surface area contributed by atoms with Gasteiger partial charge in [-0.3, -0.25) is 4.98 Å². The molecule has 1 aromatic carbocycles. The molecule has 0 saturated carbocycles. The Morgan fingerprint density at radius 1 is 1.14 bits per heavy atom. The van der Waals surface area contributed by atoms with Crippen LogP contribution in [0.2, 0.25) is 5.02 Å². The number of nitrogens with one attached hydrogen (secondary N) is 1. The molecule has 5 rings (SSSR count). The Labute approximate surface area is 215 Å². The molecule has 36 heavy (non-hydrogen) atoms. The standard InChI is InChI=1S/C27H29ClN6O2/c1-16-25(24-17(2)33-36-18(24)3)31-26(21-13-20(8-9-22(21)28)35-12-6-10-29-4)32-27(16)34-14-19-7-5-11-30-23(19)15-34/h5,7-9,11,13,29H,6,10,12,14-15H2,1-4H3. The molecular weight excluding hydrogens is 476 g/mol. The minimum atomic E-state index is 0.528. The molecule has 4 aromatic rings. The van der Waals surface area contributed by atoms with Crippen LogP contribution in [0.15, 0.2) is 41.1 Å². The quantitative estimate of drug-likeness (QED) is 0.324. The highest BCUT2D eigenvalue weighted by Gasteiger charge is 2.27. The maximum Gasteiger partial charge on any atom is 0.163 e. The fourth-order valence-corrected chi connectivity index (χ4v) is 4.75. The van der Waals surface area contributed by atoms with Crippen LogP contribution in [0.5, 0.6) is 5.75 Å². The summed E-state index contributed by atoms with van der Waals surface area (Å²) < 4.78 is 11.5. The number of aromatic nitrogens is 4. The van der Waals surface area contributed by atoms with Gasteiger partial charge in [0.1, 0.15) is 17.3 Å². The van der Waals surface area contributed by atoms with Gasteiger partial charge in [0.15, 0.2) is 5.82 Å². The molecule has 1 N–H and O–H groups in total. The number of benzene rings is 1. The van der Waals surface area contributed by atoms with Crippen molar-refractivity contribution in [1.82, 2.24) is 25.4 Å². The van der Waals surface area contributed by atoms with Gasteiger partial charge in [0.2, 0.25) is 0 Å². The van der Waals surface area contributed by atoms with Crippen molar-refractivity contribution in [2.75, 3.05) is 25.1 Å². The third-order valence-corrected chi connectivity index (χ3v) is 6.72. The van der Waals surface area contributed by atoms with Gasteiger partial charge in [-0.1, -0.05) is 22.8 Å². The van der Waals surface area contributed by atoms with E-state index in [-0.39, 0.29) is 0 Å². The van der Waals surface area contributed by atoms with Crippen molar-refractivity contribution in [1.29, 1.82) is 0 Å². The van der Waals surface area contributed by atoms with Crippen LogP contribution in [0.1, 0.15) is 34.7 Å². The number of nitrogens with zero attached hydrogens (tertiary/aromatic N) is 5. The maximum absolute atomic E-state index is 6.68. The molecule has 0 fully saturated rings. The molecule has 1 aliphatic rings. The minimum Gasteiger partial charge on any atom is -0.494 e. The van der Waals surface area contributed by atoms with E-state index in [0.29, 0.717) is 35.3 Å².